The number of nitrogens with zero attached hydrogens (tertiary/aromatic N) is 1. The molecule has 0 spiro atoms. The van der Waals surface area contributed by atoms with Gasteiger partial charge in [-0.25, -0.2) is 4.39 Å². The highest BCUT2D eigenvalue weighted by atomic mass is 19.4. The Bertz CT molecular complexity index is 527. The summed E-state index contributed by atoms with van der Waals surface area (Å²) in [7, 11) is 0. The molecule has 3 N–H and O–H groups in total. The van der Waals surface area contributed by atoms with Crippen molar-refractivity contribution in [3.8, 4) is 0 Å². The van der Waals surface area contributed by atoms with Gasteiger partial charge in [-0.2, -0.15) is 13.2 Å². The molecule has 24 heavy (non-hydrogen) atoms. The highest BCUT2D eigenvalue weighted by Gasteiger charge is 2.36. The van der Waals surface area contributed by atoms with E-state index in [0.717, 1.165) is 18.2 Å². The number of halogens is 4. The maximum absolute atomic E-state index is 13.2. The molecular formula is C15H19F4NO4. The lowest BCUT2D eigenvalue weighted by Crippen LogP contribution is -2.23. The van der Waals surface area contributed by atoms with Gasteiger partial charge in [0.25, 0.3) is 6.47 Å². The molecule has 0 radical (unpaired) electrons. The van der Waals surface area contributed by atoms with Gasteiger partial charge in [0.1, 0.15) is 5.82 Å². The van der Waals surface area contributed by atoms with Crippen molar-refractivity contribution in [1.29, 1.82) is 0 Å². The maximum Gasteiger partial charge on any atom is 0.416 e. The van der Waals surface area contributed by atoms with E-state index in [1.165, 1.54) is 0 Å². The van der Waals surface area contributed by atoms with Crippen molar-refractivity contribution in [3.05, 3.63) is 35.1 Å². The molecule has 5 nitrogen and oxygen atoms in total. The third-order valence-electron chi connectivity index (χ3n) is 3.89. The van der Waals surface area contributed by atoms with Crippen LogP contribution in [0.2, 0.25) is 0 Å². The summed E-state index contributed by atoms with van der Waals surface area (Å²) in [5.74, 6) is -1.05. The van der Waals surface area contributed by atoms with Gasteiger partial charge in [0, 0.05) is 44.7 Å². The first-order valence-corrected chi connectivity index (χ1v) is 7.14. The van der Waals surface area contributed by atoms with Crippen LogP contribution < -0.4 is 0 Å². The van der Waals surface area contributed by atoms with Gasteiger partial charge < -0.3 is 15.3 Å². The number of aliphatic hydroxyl groups is 2. The van der Waals surface area contributed by atoms with E-state index in [9.17, 15) is 27.8 Å². The molecule has 1 aromatic carbocycles. The fourth-order valence-electron chi connectivity index (χ4n) is 2.79. The lowest BCUT2D eigenvalue weighted by atomic mass is 9.98. The Morgan fingerprint density at radius 3 is 2.08 bits per heavy atom. The summed E-state index contributed by atoms with van der Waals surface area (Å²) in [5, 5.41) is 25.3. The normalized spacial score (nSPS) is 21.2. The molecule has 9 heteroatoms. The summed E-state index contributed by atoms with van der Waals surface area (Å²) < 4.78 is 52.0. The van der Waals surface area contributed by atoms with E-state index in [0.29, 0.717) is 13.1 Å². The number of hydrogen-bond acceptors (Lipinski definition) is 4. The van der Waals surface area contributed by atoms with E-state index in [1.807, 2.05) is 0 Å². The molecule has 0 aromatic heterocycles. The number of likely N-dealkylation sites (tertiary alicyclic amines) is 1. The highest BCUT2D eigenvalue weighted by Crippen LogP contribution is 2.34. The third kappa shape index (κ3) is 5.43. The minimum Gasteiger partial charge on any atom is -0.483 e. The molecule has 0 unspecified atom stereocenters. The SMILES string of the molecule is O=CO.OC[C@@H]1CN(Cc2cc(F)ccc2C(F)(F)F)C[C@H]1CO. The molecule has 1 heterocycles. The van der Waals surface area contributed by atoms with Crippen molar-refractivity contribution in [2.45, 2.75) is 12.7 Å². The fourth-order valence-corrected chi connectivity index (χ4v) is 2.79. The molecule has 1 fully saturated rings. The number of aliphatic hydroxyl groups excluding tert-OH is 2. The van der Waals surface area contributed by atoms with Crippen molar-refractivity contribution >= 4 is 6.47 Å². The molecule has 136 valence electrons. The molecule has 0 aliphatic carbocycles. The maximum atomic E-state index is 13.2. The molecule has 0 amide bonds. The van der Waals surface area contributed by atoms with Crippen LogP contribution in [0.4, 0.5) is 17.6 Å². The smallest absolute Gasteiger partial charge is 0.416 e. The van der Waals surface area contributed by atoms with Crippen LogP contribution in [-0.2, 0) is 17.5 Å². The Morgan fingerprint density at radius 2 is 1.67 bits per heavy atom. The predicted molar refractivity (Wildman–Crippen MR) is 76.5 cm³/mol. The fraction of sp³-hybridized carbons (Fsp3) is 0.533. The topological polar surface area (TPSA) is 81.0 Å². The number of benzene rings is 1. The number of carbonyl (C=O) groups is 1. The lowest BCUT2D eigenvalue weighted by molar-refractivity contribution is -0.138. The summed E-state index contributed by atoms with van der Waals surface area (Å²) in [6.07, 6.45) is -4.53. The third-order valence-corrected chi connectivity index (χ3v) is 3.89. The Labute approximate surface area is 136 Å². The predicted octanol–water partition coefficient (Wildman–Crippen LogP) is 1.58. The van der Waals surface area contributed by atoms with Crippen LogP contribution >= 0.6 is 0 Å². The molecule has 1 saturated heterocycles. The van der Waals surface area contributed by atoms with Crippen LogP contribution in [0, 0.1) is 17.7 Å². The van der Waals surface area contributed by atoms with Crippen LogP contribution in [0.1, 0.15) is 11.1 Å². The number of carboxylic acid groups (broad SMARTS) is 1. The Kier molecular flexibility index (Phi) is 7.59. The van der Waals surface area contributed by atoms with Gasteiger partial charge in [0.05, 0.1) is 5.56 Å². The molecule has 2 atom stereocenters. The van der Waals surface area contributed by atoms with Gasteiger partial charge in [0.2, 0.25) is 0 Å². The van der Waals surface area contributed by atoms with Gasteiger partial charge in [0.15, 0.2) is 0 Å². The molecule has 0 saturated carbocycles. The Hall–Kier alpha value is -1.71. The van der Waals surface area contributed by atoms with Gasteiger partial charge >= 0.3 is 6.18 Å². The van der Waals surface area contributed by atoms with E-state index in [2.05, 4.69) is 0 Å². The molecule has 0 bridgehead atoms. The van der Waals surface area contributed by atoms with Crippen LogP contribution in [0.3, 0.4) is 0 Å². The zero-order chi connectivity index (χ0) is 18.3. The van der Waals surface area contributed by atoms with Crippen molar-refractivity contribution in [3.63, 3.8) is 0 Å². The molecule has 1 aliphatic rings. The monoisotopic (exact) mass is 353 g/mol. The second kappa shape index (κ2) is 8.95. The zero-order valence-corrected chi connectivity index (χ0v) is 12.7. The Morgan fingerprint density at radius 1 is 1.17 bits per heavy atom. The summed E-state index contributed by atoms with van der Waals surface area (Å²) in [6, 6.07) is 2.43. The first-order valence-electron chi connectivity index (χ1n) is 7.14. The lowest BCUT2D eigenvalue weighted by Gasteiger charge is -2.19. The van der Waals surface area contributed by atoms with Gasteiger partial charge in [-0.15, -0.1) is 0 Å². The first-order chi connectivity index (χ1) is 11.3. The van der Waals surface area contributed by atoms with Crippen LogP contribution in [-0.4, -0.2) is 53.0 Å². The van der Waals surface area contributed by atoms with E-state index in [-0.39, 0.29) is 43.6 Å². The number of alkyl halides is 3. The largest absolute Gasteiger partial charge is 0.483 e. The minimum absolute atomic E-state index is 0.0559. The average molecular weight is 353 g/mol. The minimum atomic E-state index is -4.53. The quantitative estimate of drug-likeness (QED) is 0.566. The van der Waals surface area contributed by atoms with Crippen LogP contribution in [0.5, 0.6) is 0 Å². The van der Waals surface area contributed by atoms with E-state index in [1.54, 1.807) is 4.90 Å². The van der Waals surface area contributed by atoms with Crippen molar-refractivity contribution in [1.82, 2.24) is 4.90 Å². The van der Waals surface area contributed by atoms with Gasteiger partial charge in [-0.3, -0.25) is 9.69 Å². The summed E-state index contributed by atoms with van der Waals surface area (Å²) in [4.78, 5) is 10.1. The second-order valence-electron chi connectivity index (χ2n) is 5.48. The zero-order valence-electron chi connectivity index (χ0n) is 12.7. The first kappa shape index (κ1) is 20.3. The average Bonchev–Trinajstić information content (AvgIpc) is 2.89. The summed E-state index contributed by atoms with van der Waals surface area (Å²) in [5.41, 5.74) is -0.977. The van der Waals surface area contributed by atoms with Crippen LogP contribution in [0.25, 0.3) is 0 Å². The van der Waals surface area contributed by atoms with E-state index < -0.39 is 17.6 Å². The van der Waals surface area contributed by atoms with Gasteiger partial charge in [-0.1, -0.05) is 0 Å². The van der Waals surface area contributed by atoms with Gasteiger partial charge in [-0.05, 0) is 23.8 Å². The number of rotatable bonds is 4. The molecule has 1 aromatic rings. The number of hydrogen-bond donors (Lipinski definition) is 3. The van der Waals surface area contributed by atoms with E-state index in [4.69, 9.17) is 9.90 Å². The highest BCUT2D eigenvalue weighted by molar-refractivity contribution is 5.32. The van der Waals surface area contributed by atoms with Crippen molar-refractivity contribution < 1.29 is 37.7 Å². The second-order valence-corrected chi connectivity index (χ2v) is 5.48. The standard InChI is InChI=1S/C14H17F4NO2.CH2O2/c15-12-1-2-13(14(16,17)18)9(3-12)4-19-5-10(7-20)11(6-19)8-21;2-1-3/h1-3,10-11,20-21H,4-8H2;1H,(H,2,3)/t10-,11-;/m0./s1. The Balaban J connectivity index is 0.000000891. The van der Waals surface area contributed by atoms with Crippen LogP contribution in [0.15, 0.2) is 18.2 Å². The summed E-state index contributed by atoms with van der Waals surface area (Å²) >= 11 is 0. The summed E-state index contributed by atoms with van der Waals surface area (Å²) in [6.45, 7) is 0.207. The molecular weight excluding hydrogens is 334 g/mol. The molecule has 1 aliphatic heterocycles. The van der Waals surface area contributed by atoms with Crippen molar-refractivity contribution in [2.75, 3.05) is 26.3 Å². The molecule has 2 rings (SSSR count). The van der Waals surface area contributed by atoms with Crippen molar-refractivity contribution in [2.24, 2.45) is 11.8 Å². The van der Waals surface area contributed by atoms with E-state index >= 15 is 0 Å².